The van der Waals surface area contributed by atoms with Crippen LogP contribution in [0, 0.1) is 6.92 Å². The summed E-state index contributed by atoms with van der Waals surface area (Å²) in [6, 6.07) is 15.0. The molecule has 3 rings (SSSR count). The highest BCUT2D eigenvalue weighted by Crippen LogP contribution is 2.32. The van der Waals surface area contributed by atoms with Crippen LogP contribution >= 0.6 is 23.4 Å². The molecule has 2 N–H and O–H groups in total. The molecule has 0 saturated carbocycles. The Bertz CT molecular complexity index is 850. The number of aliphatic imine (C=N–C) groups is 1. The van der Waals surface area contributed by atoms with Gasteiger partial charge in [-0.15, -0.1) is 0 Å². The molecule has 2 aromatic carbocycles. The first-order valence-electron chi connectivity index (χ1n) is 8.08. The number of hydrogen-bond donors (Lipinski definition) is 1. The second kappa shape index (κ2) is 7.93. The third kappa shape index (κ3) is 4.45. The number of hydrogen-bond acceptors (Lipinski definition) is 4. The highest BCUT2D eigenvalue weighted by Gasteiger charge is 2.38. The Hall–Kier alpha value is -2.31. The number of aryl methyl sites for hydroxylation is 1. The number of rotatable bonds is 5. The van der Waals surface area contributed by atoms with Gasteiger partial charge in [0.2, 0.25) is 11.8 Å². The molecule has 5 nitrogen and oxygen atoms in total. The highest BCUT2D eigenvalue weighted by atomic mass is 35.5. The summed E-state index contributed by atoms with van der Waals surface area (Å²) in [5.74, 6) is -0.659. The predicted molar refractivity (Wildman–Crippen MR) is 105 cm³/mol. The Morgan fingerprint density at radius 3 is 2.46 bits per heavy atom. The first-order chi connectivity index (χ1) is 12.4. The van der Waals surface area contributed by atoms with E-state index in [-0.39, 0.29) is 12.3 Å². The number of carbonyl (C=O) groups is 2. The highest BCUT2D eigenvalue weighted by molar-refractivity contribution is 8.15. The van der Waals surface area contributed by atoms with Crippen molar-refractivity contribution in [3.63, 3.8) is 0 Å². The summed E-state index contributed by atoms with van der Waals surface area (Å²) in [6.45, 7) is 2.36. The molecule has 0 radical (unpaired) electrons. The summed E-state index contributed by atoms with van der Waals surface area (Å²) in [5.41, 5.74) is 8.11. The Balaban J connectivity index is 1.89. The standard InChI is InChI=1S/C19H18ClN3O2S/c1-12-2-8-15(9-3-12)22-19-23(11-13-4-6-14(20)7-5-13)18(25)16(26-19)10-17(21)24/h2-9,16H,10-11H2,1H3,(H2,21,24). The zero-order chi connectivity index (χ0) is 18.7. The minimum Gasteiger partial charge on any atom is -0.370 e. The lowest BCUT2D eigenvalue weighted by Gasteiger charge is -2.16. The van der Waals surface area contributed by atoms with Gasteiger partial charge in [-0.05, 0) is 36.8 Å². The molecule has 26 heavy (non-hydrogen) atoms. The number of primary amides is 1. The van der Waals surface area contributed by atoms with E-state index in [1.807, 2.05) is 43.3 Å². The van der Waals surface area contributed by atoms with Gasteiger partial charge >= 0.3 is 0 Å². The number of benzene rings is 2. The van der Waals surface area contributed by atoms with Gasteiger partial charge in [-0.25, -0.2) is 4.99 Å². The van der Waals surface area contributed by atoms with Crippen molar-refractivity contribution in [1.29, 1.82) is 0 Å². The number of halogens is 1. The molecule has 1 aliphatic heterocycles. The van der Waals surface area contributed by atoms with Crippen LogP contribution in [0.15, 0.2) is 53.5 Å². The van der Waals surface area contributed by atoms with Crippen LogP contribution in [0.1, 0.15) is 17.5 Å². The van der Waals surface area contributed by atoms with Crippen LogP contribution in [0.5, 0.6) is 0 Å². The molecule has 1 fully saturated rings. The van der Waals surface area contributed by atoms with Gasteiger partial charge in [-0.3, -0.25) is 14.5 Å². The molecule has 1 saturated heterocycles. The zero-order valence-electron chi connectivity index (χ0n) is 14.2. The molecule has 0 aromatic heterocycles. The summed E-state index contributed by atoms with van der Waals surface area (Å²) in [7, 11) is 0. The number of carbonyl (C=O) groups excluding carboxylic acids is 2. The lowest BCUT2D eigenvalue weighted by molar-refractivity contribution is -0.128. The maximum Gasteiger partial charge on any atom is 0.242 e. The van der Waals surface area contributed by atoms with Crippen molar-refractivity contribution in [1.82, 2.24) is 4.90 Å². The van der Waals surface area contributed by atoms with Crippen molar-refractivity contribution >= 4 is 46.0 Å². The molecule has 2 aromatic rings. The molecule has 7 heteroatoms. The minimum atomic E-state index is -0.538. The zero-order valence-corrected chi connectivity index (χ0v) is 15.8. The Labute approximate surface area is 161 Å². The van der Waals surface area contributed by atoms with Crippen molar-refractivity contribution in [2.24, 2.45) is 10.7 Å². The largest absolute Gasteiger partial charge is 0.370 e. The molecule has 1 atom stereocenters. The fraction of sp³-hybridized carbons (Fsp3) is 0.211. The quantitative estimate of drug-likeness (QED) is 0.850. The molecule has 134 valence electrons. The van der Waals surface area contributed by atoms with E-state index in [0.29, 0.717) is 16.7 Å². The summed E-state index contributed by atoms with van der Waals surface area (Å²) < 4.78 is 0. The minimum absolute atomic E-state index is 0.00641. The molecular weight excluding hydrogens is 370 g/mol. The van der Waals surface area contributed by atoms with E-state index in [4.69, 9.17) is 17.3 Å². The summed E-state index contributed by atoms with van der Waals surface area (Å²) in [5, 5.41) is 0.667. The molecule has 2 amide bonds. The smallest absolute Gasteiger partial charge is 0.242 e. The van der Waals surface area contributed by atoms with E-state index < -0.39 is 11.2 Å². The van der Waals surface area contributed by atoms with Gasteiger partial charge in [0.1, 0.15) is 5.25 Å². The average molecular weight is 388 g/mol. The van der Waals surface area contributed by atoms with E-state index in [9.17, 15) is 9.59 Å². The van der Waals surface area contributed by atoms with Crippen LogP contribution in [0.3, 0.4) is 0 Å². The first-order valence-corrected chi connectivity index (χ1v) is 9.34. The van der Waals surface area contributed by atoms with Gasteiger partial charge in [-0.2, -0.15) is 0 Å². The van der Waals surface area contributed by atoms with Gasteiger partial charge in [0.15, 0.2) is 5.17 Å². The molecule has 1 heterocycles. The summed E-state index contributed by atoms with van der Waals surface area (Å²) >= 11 is 7.20. The van der Waals surface area contributed by atoms with Crippen molar-refractivity contribution in [2.45, 2.75) is 25.1 Å². The summed E-state index contributed by atoms with van der Waals surface area (Å²) in [4.78, 5) is 30.3. The normalized spacial score (nSPS) is 18.5. The maximum atomic E-state index is 12.8. The predicted octanol–water partition coefficient (Wildman–Crippen LogP) is 3.66. The van der Waals surface area contributed by atoms with E-state index >= 15 is 0 Å². The van der Waals surface area contributed by atoms with Gasteiger partial charge < -0.3 is 5.73 Å². The Kier molecular flexibility index (Phi) is 5.64. The lowest BCUT2D eigenvalue weighted by Crippen LogP contribution is -2.33. The molecular formula is C19H18ClN3O2S. The number of nitrogens with zero attached hydrogens (tertiary/aromatic N) is 2. The van der Waals surface area contributed by atoms with Crippen LogP contribution < -0.4 is 5.73 Å². The average Bonchev–Trinajstić information content (AvgIpc) is 2.87. The topological polar surface area (TPSA) is 75.8 Å². The Morgan fingerprint density at radius 1 is 1.19 bits per heavy atom. The first kappa shape index (κ1) is 18.5. The van der Waals surface area contributed by atoms with E-state index in [2.05, 4.69) is 4.99 Å². The molecule has 0 bridgehead atoms. The molecule has 1 aliphatic rings. The SMILES string of the molecule is Cc1ccc(N=C2SC(CC(N)=O)C(=O)N2Cc2ccc(Cl)cc2)cc1. The number of amidine groups is 1. The van der Waals surface area contributed by atoms with E-state index in [1.165, 1.54) is 11.8 Å². The van der Waals surface area contributed by atoms with Gasteiger partial charge in [0, 0.05) is 11.4 Å². The fourth-order valence-corrected chi connectivity index (χ4v) is 3.85. The maximum absolute atomic E-state index is 12.8. The lowest BCUT2D eigenvalue weighted by atomic mass is 10.2. The van der Waals surface area contributed by atoms with Crippen LogP contribution in [-0.2, 0) is 16.1 Å². The van der Waals surface area contributed by atoms with E-state index in [0.717, 1.165) is 16.8 Å². The molecule has 1 unspecified atom stereocenters. The number of nitrogens with two attached hydrogens (primary N) is 1. The third-order valence-corrected chi connectivity index (χ3v) is 5.35. The van der Waals surface area contributed by atoms with Crippen molar-refractivity contribution < 1.29 is 9.59 Å². The van der Waals surface area contributed by atoms with Gasteiger partial charge in [0.25, 0.3) is 0 Å². The third-order valence-electron chi connectivity index (χ3n) is 3.92. The number of amides is 2. The Morgan fingerprint density at radius 2 is 1.85 bits per heavy atom. The second-order valence-corrected chi connectivity index (χ2v) is 7.66. The van der Waals surface area contributed by atoms with Gasteiger partial charge in [-0.1, -0.05) is 53.2 Å². The fourth-order valence-electron chi connectivity index (χ4n) is 2.56. The molecule has 0 aliphatic carbocycles. The van der Waals surface area contributed by atoms with Crippen LogP contribution in [-0.4, -0.2) is 27.1 Å². The summed E-state index contributed by atoms with van der Waals surface area (Å²) in [6.07, 6.45) is -0.00641. The monoisotopic (exact) mass is 387 g/mol. The molecule has 0 spiro atoms. The van der Waals surface area contributed by atoms with Crippen LogP contribution in [0.25, 0.3) is 0 Å². The number of thioether (sulfide) groups is 1. The van der Waals surface area contributed by atoms with Crippen LogP contribution in [0.2, 0.25) is 5.02 Å². The van der Waals surface area contributed by atoms with E-state index in [1.54, 1.807) is 17.0 Å². The van der Waals surface area contributed by atoms with Crippen molar-refractivity contribution in [3.05, 3.63) is 64.7 Å². The van der Waals surface area contributed by atoms with Crippen molar-refractivity contribution in [3.8, 4) is 0 Å². The van der Waals surface area contributed by atoms with Crippen LogP contribution in [0.4, 0.5) is 5.69 Å². The van der Waals surface area contributed by atoms with Gasteiger partial charge in [0.05, 0.1) is 12.2 Å². The second-order valence-electron chi connectivity index (χ2n) is 6.06. The van der Waals surface area contributed by atoms with Crippen molar-refractivity contribution in [2.75, 3.05) is 0 Å².